The van der Waals surface area contributed by atoms with Crippen molar-refractivity contribution in [3.63, 3.8) is 0 Å². The molecule has 1 atom stereocenters. The number of aliphatic carboxylic acids is 1. The molecule has 1 aromatic heterocycles. The van der Waals surface area contributed by atoms with E-state index < -0.39 is 23.5 Å². The van der Waals surface area contributed by atoms with Gasteiger partial charge in [0.25, 0.3) is 5.91 Å². The quantitative estimate of drug-likeness (QED) is 0.619. The van der Waals surface area contributed by atoms with Crippen molar-refractivity contribution in [1.29, 1.82) is 0 Å². The molecule has 1 amide bonds. The Morgan fingerprint density at radius 3 is 2.56 bits per heavy atom. The maximum Gasteiger partial charge on any atom is 0.327 e. The van der Waals surface area contributed by atoms with Crippen LogP contribution in [0.1, 0.15) is 34.0 Å². The van der Waals surface area contributed by atoms with Crippen molar-refractivity contribution in [2.75, 3.05) is 5.75 Å². The average Bonchev–Trinajstić information content (AvgIpc) is 3.08. The molecule has 3 N–H and O–H groups in total. The lowest BCUT2D eigenvalue weighted by atomic mass is 10.1. The summed E-state index contributed by atoms with van der Waals surface area (Å²) in [5.41, 5.74) is -0.0113. The number of carboxylic acid groups (broad SMARTS) is 1. The molecule has 142 valence electrons. The molecule has 0 spiro atoms. The highest BCUT2D eigenvalue weighted by atomic mass is 32.2. The first-order valence-electron chi connectivity index (χ1n) is 8.25. The summed E-state index contributed by atoms with van der Waals surface area (Å²) >= 11 is 2.61. The SMILES string of the molecule is CC(C)(O)C#Cc1ccc(C(=O)N[C@@H](CSCc2ccccc2)C(=O)O)s1. The third-order valence-electron chi connectivity index (χ3n) is 3.32. The monoisotopic (exact) mass is 403 g/mol. The molecule has 0 saturated carbocycles. The van der Waals surface area contributed by atoms with Gasteiger partial charge in [0.05, 0.1) is 9.75 Å². The standard InChI is InChI=1S/C20H21NO4S2/c1-20(2,25)11-10-15-8-9-17(27-15)18(22)21-16(19(23)24)13-26-12-14-6-4-3-5-7-14/h3-9,16,25H,12-13H2,1-2H3,(H,21,22)(H,23,24)/t16-/m0/s1. The molecular formula is C20H21NO4S2. The number of aliphatic hydroxyl groups is 1. The van der Waals surface area contributed by atoms with Gasteiger partial charge in [0.1, 0.15) is 11.6 Å². The fraction of sp³-hybridized carbons (Fsp3) is 0.300. The molecule has 0 aliphatic carbocycles. The molecule has 0 saturated heterocycles. The summed E-state index contributed by atoms with van der Waals surface area (Å²) in [7, 11) is 0. The van der Waals surface area contributed by atoms with Gasteiger partial charge in [-0.3, -0.25) is 4.79 Å². The first kappa shape index (κ1) is 21.0. The van der Waals surface area contributed by atoms with Gasteiger partial charge in [-0.25, -0.2) is 4.79 Å². The highest BCUT2D eigenvalue weighted by molar-refractivity contribution is 7.98. The van der Waals surface area contributed by atoms with Gasteiger partial charge in [0, 0.05) is 11.5 Å². The second-order valence-corrected chi connectivity index (χ2v) is 8.45. The van der Waals surface area contributed by atoms with Crippen molar-refractivity contribution in [1.82, 2.24) is 5.32 Å². The van der Waals surface area contributed by atoms with E-state index in [2.05, 4.69) is 17.2 Å². The van der Waals surface area contributed by atoms with Crippen molar-refractivity contribution in [3.05, 3.63) is 57.8 Å². The lowest BCUT2D eigenvalue weighted by molar-refractivity contribution is -0.138. The number of benzene rings is 1. The maximum absolute atomic E-state index is 12.3. The first-order valence-corrected chi connectivity index (χ1v) is 10.2. The summed E-state index contributed by atoms with van der Waals surface area (Å²) in [6.07, 6.45) is 0. The molecule has 27 heavy (non-hydrogen) atoms. The van der Waals surface area contributed by atoms with E-state index >= 15 is 0 Å². The number of carboxylic acids is 1. The van der Waals surface area contributed by atoms with Gasteiger partial charge in [-0.15, -0.1) is 11.3 Å². The number of hydrogen-bond donors (Lipinski definition) is 3. The minimum absolute atomic E-state index is 0.271. The maximum atomic E-state index is 12.3. The molecule has 0 aliphatic rings. The summed E-state index contributed by atoms with van der Waals surface area (Å²) in [6, 6.07) is 12.0. The van der Waals surface area contributed by atoms with Crippen molar-refractivity contribution in [2.24, 2.45) is 0 Å². The number of thioether (sulfide) groups is 1. The predicted molar refractivity (Wildman–Crippen MR) is 109 cm³/mol. The first-order chi connectivity index (χ1) is 12.7. The molecule has 1 aromatic carbocycles. The molecular weight excluding hydrogens is 382 g/mol. The number of rotatable bonds is 7. The van der Waals surface area contributed by atoms with Crippen LogP contribution in [-0.2, 0) is 10.5 Å². The van der Waals surface area contributed by atoms with Gasteiger partial charge >= 0.3 is 5.97 Å². The summed E-state index contributed by atoms with van der Waals surface area (Å²) in [5, 5.41) is 21.6. The van der Waals surface area contributed by atoms with Crippen LogP contribution in [0.25, 0.3) is 0 Å². The van der Waals surface area contributed by atoms with E-state index in [9.17, 15) is 19.8 Å². The van der Waals surface area contributed by atoms with Crippen LogP contribution in [0.15, 0.2) is 42.5 Å². The molecule has 0 aliphatic heterocycles. The Labute approximate surface area is 166 Å². The Hall–Kier alpha value is -2.27. The highest BCUT2D eigenvalue weighted by Crippen LogP contribution is 2.17. The van der Waals surface area contributed by atoms with Crippen molar-refractivity contribution in [3.8, 4) is 11.8 Å². The second kappa shape index (κ2) is 9.60. The number of carbonyl (C=O) groups is 2. The third kappa shape index (κ3) is 7.47. The number of amides is 1. The van der Waals surface area contributed by atoms with E-state index in [0.29, 0.717) is 15.5 Å². The number of nitrogens with one attached hydrogen (secondary N) is 1. The van der Waals surface area contributed by atoms with Gasteiger partial charge < -0.3 is 15.5 Å². The van der Waals surface area contributed by atoms with E-state index in [-0.39, 0.29) is 5.75 Å². The van der Waals surface area contributed by atoms with E-state index in [1.165, 1.54) is 11.8 Å². The fourth-order valence-electron chi connectivity index (χ4n) is 2.01. The van der Waals surface area contributed by atoms with Crippen LogP contribution in [0, 0.1) is 11.8 Å². The zero-order valence-electron chi connectivity index (χ0n) is 15.1. The van der Waals surface area contributed by atoms with Crippen LogP contribution >= 0.6 is 23.1 Å². The summed E-state index contributed by atoms with van der Waals surface area (Å²) in [6.45, 7) is 3.15. The highest BCUT2D eigenvalue weighted by Gasteiger charge is 2.21. The lowest BCUT2D eigenvalue weighted by Gasteiger charge is -2.13. The number of thiophene rings is 1. The van der Waals surface area contributed by atoms with Gasteiger partial charge in [-0.05, 0) is 31.5 Å². The Morgan fingerprint density at radius 2 is 1.93 bits per heavy atom. The van der Waals surface area contributed by atoms with Gasteiger partial charge in [-0.1, -0.05) is 42.2 Å². The zero-order valence-corrected chi connectivity index (χ0v) is 16.7. The smallest absolute Gasteiger partial charge is 0.327 e. The van der Waals surface area contributed by atoms with Crippen molar-refractivity contribution in [2.45, 2.75) is 31.2 Å². The predicted octanol–water partition coefficient (Wildman–Crippen LogP) is 2.99. The topological polar surface area (TPSA) is 86.6 Å². The van der Waals surface area contributed by atoms with Crippen LogP contribution in [0.5, 0.6) is 0 Å². The molecule has 1 heterocycles. The Balaban J connectivity index is 1.93. The van der Waals surface area contributed by atoms with Crippen LogP contribution in [0.4, 0.5) is 0 Å². The Morgan fingerprint density at radius 1 is 1.22 bits per heavy atom. The number of carbonyl (C=O) groups excluding carboxylic acids is 1. The molecule has 0 radical (unpaired) electrons. The van der Waals surface area contributed by atoms with Gasteiger partial charge in [-0.2, -0.15) is 11.8 Å². The van der Waals surface area contributed by atoms with Crippen molar-refractivity contribution < 1.29 is 19.8 Å². The summed E-state index contributed by atoms with van der Waals surface area (Å²) in [4.78, 5) is 24.8. The van der Waals surface area contributed by atoms with E-state index in [1.54, 1.807) is 26.0 Å². The molecule has 5 nitrogen and oxygen atoms in total. The molecule has 0 fully saturated rings. The molecule has 7 heteroatoms. The van der Waals surface area contributed by atoms with Crippen LogP contribution in [0.3, 0.4) is 0 Å². The molecule has 2 rings (SSSR count). The van der Waals surface area contributed by atoms with Gasteiger partial charge in [0.15, 0.2) is 0 Å². The van der Waals surface area contributed by atoms with E-state index in [4.69, 9.17) is 0 Å². The molecule has 2 aromatic rings. The third-order valence-corrected chi connectivity index (χ3v) is 5.43. The molecule has 0 bridgehead atoms. The molecule has 0 unspecified atom stereocenters. The van der Waals surface area contributed by atoms with Crippen LogP contribution in [-0.4, -0.2) is 39.5 Å². The largest absolute Gasteiger partial charge is 0.480 e. The minimum Gasteiger partial charge on any atom is -0.480 e. The lowest BCUT2D eigenvalue weighted by Crippen LogP contribution is -2.42. The van der Waals surface area contributed by atoms with Crippen LogP contribution < -0.4 is 5.32 Å². The summed E-state index contributed by atoms with van der Waals surface area (Å²) in [5.74, 6) is 4.93. The minimum atomic E-state index is -1.11. The van der Waals surface area contributed by atoms with Gasteiger partial charge in [0.2, 0.25) is 0 Å². The number of hydrogen-bond acceptors (Lipinski definition) is 5. The normalized spacial score (nSPS) is 12.0. The van der Waals surface area contributed by atoms with E-state index in [1.807, 2.05) is 30.3 Å². The van der Waals surface area contributed by atoms with E-state index in [0.717, 1.165) is 16.9 Å². The zero-order chi connectivity index (χ0) is 19.9. The van der Waals surface area contributed by atoms with Crippen LogP contribution in [0.2, 0.25) is 0 Å². The Bertz CT molecular complexity index is 844. The Kier molecular flexibility index (Phi) is 7.48. The van der Waals surface area contributed by atoms with Crippen molar-refractivity contribution >= 4 is 35.0 Å². The second-order valence-electron chi connectivity index (χ2n) is 6.34. The average molecular weight is 404 g/mol. The summed E-state index contributed by atoms with van der Waals surface area (Å²) < 4.78 is 0. The fourth-order valence-corrected chi connectivity index (χ4v) is 3.78.